The van der Waals surface area contributed by atoms with Gasteiger partial charge in [-0.3, -0.25) is 4.90 Å². The molecule has 21 heavy (non-hydrogen) atoms. The van der Waals surface area contributed by atoms with Crippen molar-refractivity contribution in [2.75, 3.05) is 20.2 Å². The molecular weight excluding hydrogens is 260 g/mol. The fraction of sp³-hybridized carbons (Fsp3) is 0.667. The fourth-order valence-electron chi connectivity index (χ4n) is 3.16. The topological polar surface area (TPSA) is 38.5 Å². The molecule has 0 aliphatic carbocycles. The van der Waals surface area contributed by atoms with Gasteiger partial charge in [-0.15, -0.1) is 0 Å². The number of hydrogen-bond acceptors (Lipinski definition) is 3. The molecule has 0 saturated carbocycles. The number of hydrogen-bond donors (Lipinski definition) is 1. The molecule has 1 aromatic rings. The fourth-order valence-corrected chi connectivity index (χ4v) is 3.16. The van der Waals surface area contributed by atoms with E-state index in [1.165, 1.54) is 24.8 Å². The van der Waals surface area contributed by atoms with Crippen LogP contribution in [0.1, 0.15) is 51.6 Å². The zero-order valence-corrected chi connectivity index (χ0v) is 13.9. The van der Waals surface area contributed by atoms with Crippen LogP contribution in [-0.2, 0) is 0 Å². The van der Waals surface area contributed by atoms with Gasteiger partial charge in [-0.1, -0.05) is 32.4 Å². The minimum absolute atomic E-state index is 0.0573. The van der Waals surface area contributed by atoms with Gasteiger partial charge in [0.25, 0.3) is 0 Å². The smallest absolute Gasteiger partial charge is 0.118 e. The summed E-state index contributed by atoms with van der Waals surface area (Å²) >= 11 is 0. The van der Waals surface area contributed by atoms with E-state index in [1.807, 2.05) is 12.1 Å². The average molecular weight is 290 g/mol. The molecule has 0 radical (unpaired) electrons. The van der Waals surface area contributed by atoms with Gasteiger partial charge in [-0.25, -0.2) is 0 Å². The van der Waals surface area contributed by atoms with Gasteiger partial charge in [-0.2, -0.15) is 0 Å². The number of benzene rings is 1. The molecule has 2 rings (SSSR count). The number of ether oxygens (including phenoxy) is 1. The molecule has 2 unspecified atom stereocenters. The van der Waals surface area contributed by atoms with Crippen molar-refractivity contribution in [3.63, 3.8) is 0 Å². The molecule has 3 heteroatoms. The first-order valence-electron chi connectivity index (χ1n) is 8.12. The van der Waals surface area contributed by atoms with Crippen LogP contribution in [-0.4, -0.2) is 31.1 Å². The third-order valence-corrected chi connectivity index (χ3v) is 5.46. The van der Waals surface area contributed by atoms with E-state index < -0.39 is 0 Å². The number of likely N-dealkylation sites (tertiary alicyclic amines) is 1. The molecule has 1 heterocycles. The van der Waals surface area contributed by atoms with E-state index in [2.05, 4.69) is 37.8 Å². The number of methoxy groups -OCH3 is 1. The zero-order chi connectivity index (χ0) is 15.5. The summed E-state index contributed by atoms with van der Waals surface area (Å²) in [6, 6.07) is 8.58. The largest absolute Gasteiger partial charge is 0.497 e. The highest BCUT2D eigenvalue weighted by atomic mass is 16.5. The second kappa shape index (κ2) is 6.80. The first-order valence-corrected chi connectivity index (χ1v) is 8.12. The normalized spacial score (nSPS) is 21.8. The summed E-state index contributed by atoms with van der Waals surface area (Å²) in [6.07, 6.45) is 3.84. The molecule has 2 N–H and O–H groups in total. The highest BCUT2D eigenvalue weighted by Crippen LogP contribution is 2.35. The van der Waals surface area contributed by atoms with Gasteiger partial charge in [0.05, 0.1) is 7.11 Å². The summed E-state index contributed by atoms with van der Waals surface area (Å²) in [6.45, 7) is 9.30. The van der Waals surface area contributed by atoms with Crippen LogP contribution in [0, 0.1) is 5.41 Å². The van der Waals surface area contributed by atoms with Crippen LogP contribution in [0.15, 0.2) is 24.3 Å². The Hall–Kier alpha value is -1.06. The molecule has 0 bridgehead atoms. The van der Waals surface area contributed by atoms with Crippen LogP contribution in [0.2, 0.25) is 0 Å². The Balaban J connectivity index is 1.97. The number of nitrogens with two attached hydrogens (primary N) is 1. The summed E-state index contributed by atoms with van der Waals surface area (Å²) in [5.74, 6) is 0.885. The third-order valence-electron chi connectivity index (χ3n) is 5.46. The third kappa shape index (κ3) is 3.78. The van der Waals surface area contributed by atoms with E-state index in [0.717, 1.165) is 18.8 Å². The SMILES string of the molecule is CCC1(C)CCN(C(C)C(N)c2ccc(OC)cc2)CC1. The molecule has 1 aliphatic rings. The lowest BCUT2D eigenvalue weighted by atomic mass is 9.77. The van der Waals surface area contributed by atoms with Gasteiger partial charge in [0.1, 0.15) is 5.75 Å². The molecule has 1 fully saturated rings. The minimum atomic E-state index is 0.0573. The summed E-state index contributed by atoms with van der Waals surface area (Å²) < 4.78 is 5.21. The Morgan fingerprint density at radius 2 is 1.81 bits per heavy atom. The van der Waals surface area contributed by atoms with Crippen molar-refractivity contribution in [2.24, 2.45) is 11.1 Å². The Labute approximate surface area is 129 Å². The zero-order valence-electron chi connectivity index (χ0n) is 13.9. The summed E-state index contributed by atoms with van der Waals surface area (Å²) in [5, 5.41) is 0. The molecule has 2 atom stereocenters. The van der Waals surface area contributed by atoms with Gasteiger partial charge < -0.3 is 10.5 Å². The Morgan fingerprint density at radius 1 is 1.24 bits per heavy atom. The second-order valence-electron chi connectivity index (χ2n) is 6.74. The molecular formula is C18H30N2O. The van der Waals surface area contributed by atoms with Gasteiger partial charge in [0.2, 0.25) is 0 Å². The van der Waals surface area contributed by atoms with Crippen LogP contribution in [0.4, 0.5) is 0 Å². The van der Waals surface area contributed by atoms with Gasteiger partial charge >= 0.3 is 0 Å². The van der Waals surface area contributed by atoms with E-state index in [1.54, 1.807) is 7.11 Å². The van der Waals surface area contributed by atoms with Crippen molar-refractivity contribution in [2.45, 2.75) is 52.1 Å². The molecule has 0 amide bonds. The average Bonchev–Trinajstić information content (AvgIpc) is 2.54. The van der Waals surface area contributed by atoms with Crippen LogP contribution < -0.4 is 10.5 Å². The van der Waals surface area contributed by atoms with Crippen molar-refractivity contribution in [3.05, 3.63) is 29.8 Å². The van der Waals surface area contributed by atoms with Crippen LogP contribution in [0.5, 0.6) is 5.75 Å². The van der Waals surface area contributed by atoms with Crippen molar-refractivity contribution >= 4 is 0 Å². The summed E-state index contributed by atoms with van der Waals surface area (Å²) in [4.78, 5) is 2.55. The van der Waals surface area contributed by atoms with Crippen LogP contribution >= 0.6 is 0 Å². The predicted octanol–water partition coefficient (Wildman–Crippen LogP) is 3.60. The monoisotopic (exact) mass is 290 g/mol. The van der Waals surface area contributed by atoms with Gasteiger partial charge in [0, 0.05) is 12.1 Å². The molecule has 0 aromatic heterocycles. The van der Waals surface area contributed by atoms with Crippen molar-refractivity contribution in [3.8, 4) is 5.75 Å². The lowest BCUT2D eigenvalue weighted by Crippen LogP contribution is -2.47. The minimum Gasteiger partial charge on any atom is -0.497 e. The second-order valence-corrected chi connectivity index (χ2v) is 6.74. The Bertz CT molecular complexity index is 435. The summed E-state index contributed by atoms with van der Waals surface area (Å²) in [7, 11) is 1.69. The van der Waals surface area contributed by atoms with E-state index in [-0.39, 0.29) is 6.04 Å². The number of rotatable bonds is 5. The van der Waals surface area contributed by atoms with Crippen molar-refractivity contribution < 1.29 is 4.74 Å². The van der Waals surface area contributed by atoms with Gasteiger partial charge in [-0.05, 0) is 56.0 Å². The lowest BCUT2D eigenvalue weighted by molar-refractivity contribution is 0.0770. The van der Waals surface area contributed by atoms with Gasteiger partial charge in [0.15, 0.2) is 0 Å². The lowest BCUT2D eigenvalue weighted by Gasteiger charge is -2.43. The molecule has 0 spiro atoms. The molecule has 1 aliphatic heterocycles. The highest BCUT2D eigenvalue weighted by Gasteiger charge is 2.32. The van der Waals surface area contributed by atoms with Crippen molar-refractivity contribution in [1.82, 2.24) is 4.90 Å². The number of piperidine rings is 1. The van der Waals surface area contributed by atoms with E-state index in [9.17, 15) is 0 Å². The number of nitrogens with zero attached hydrogens (tertiary/aromatic N) is 1. The molecule has 3 nitrogen and oxygen atoms in total. The van der Waals surface area contributed by atoms with Crippen LogP contribution in [0.3, 0.4) is 0 Å². The van der Waals surface area contributed by atoms with E-state index >= 15 is 0 Å². The predicted molar refractivity (Wildman–Crippen MR) is 88.6 cm³/mol. The Morgan fingerprint density at radius 3 is 2.29 bits per heavy atom. The molecule has 1 saturated heterocycles. The first kappa shape index (κ1) is 16.3. The van der Waals surface area contributed by atoms with E-state index in [0.29, 0.717) is 11.5 Å². The molecule has 1 aromatic carbocycles. The highest BCUT2D eigenvalue weighted by molar-refractivity contribution is 5.29. The quantitative estimate of drug-likeness (QED) is 0.900. The maximum absolute atomic E-state index is 6.48. The summed E-state index contributed by atoms with van der Waals surface area (Å²) in [5.41, 5.74) is 8.19. The maximum atomic E-state index is 6.48. The van der Waals surface area contributed by atoms with Crippen molar-refractivity contribution in [1.29, 1.82) is 0 Å². The van der Waals surface area contributed by atoms with E-state index in [4.69, 9.17) is 10.5 Å². The first-order chi connectivity index (χ1) is 9.99. The standard InChI is InChI=1S/C18H30N2O/c1-5-18(3)10-12-20(13-11-18)14(2)17(19)15-6-8-16(21-4)9-7-15/h6-9,14,17H,5,10-13,19H2,1-4H3. The maximum Gasteiger partial charge on any atom is 0.118 e. The Kier molecular flexibility index (Phi) is 5.28. The van der Waals surface area contributed by atoms with Crippen LogP contribution in [0.25, 0.3) is 0 Å². The molecule has 118 valence electrons.